The average molecular weight is 633 g/mol. The standard InChI is InChI=1S/C35H38BrNO5/c1-22(2)28-19-14-23(3)20-30(28)41-35-32(31(36)34(39)42-35)37-29(21-24-10-6-4-7-11-24)33(38)40-27-17-15-26(16-18-27)25-12-8-5-9-13-25/h4-13,15-18,22-23,28-30,35,37H,14,19-21H2,1-3H3/t23?,28?,29-,30?,35-/m0/s1. The zero-order valence-corrected chi connectivity index (χ0v) is 25.9. The number of carbonyl (C=O) groups is 2. The van der Waals surface area contributed by atoms with Gasteiger partial charge in [-0.25, -0.2) is 9.59 Å². The van der Waals surface area contributed by atoms with Crippen molar-refractivity contribution in [1.29, 1.82) is 0 Å². The van der Waals surface area contributed by atoms with Crippen LogP contribution in [-0.2, 0) is 25.5 Å². The summed E-state index contributed by atoms with van der Waals surface area (Å²) in [5.74, 6) is 0.788. The van der Waals surface area contributed by atoms with E-state index in [0.717, 1.165) is 36.0 Å². The lowest BCUT2D eigenvalue weighted by molar-refractivity contribution is -0.182. The third-order valence-corrected chi connectivity index (χ3v) is 8.95. The molecule has 5 rings (SSSR count). The van der Waals surface area contributed by atoms with Crippen molar-refractivity contribution >= 4 is 27.9 Å². The molecule has 1 N–H and O–H groups in total. The van der Waals surface area contributed by atoms with E-state index in [4.69, 9.17) is 14.2 Å². The van der Waals surface area contributed by atoms with Crippen molar-refractivity contribution < 1.29 is 23.8 Å². The highest BCUT2D eigenvalue weighted by Gasteiger charge is 2.41. The van der Waals surface area contributed by atoms with Gasteiger partial charge in [-0.05, 0) is 75.3 Å². The molecule has 0 spiro atoms. The van der Waals surface area contributed by atoms with Gasteiger partial charge in [0.05, 0.1) is 6.10 Å². The Morgan fingerprint density at radius 2 is 1.60 bits per heavy atom. The monoisotopic (exact) mass is 631 g/mol. The molecular weight excluding hydrogens is 594 g/mol. The van der Waals surface area contributed by atoms with E-state index in [-0.39, 0.29) is 10.6 Å². The predicted molar refractivity (Wildman–Crippen MR) is 167 cm³/mol. The van der Waals surface area contributed by atoms with Gasteiger partial charge in [0, 0.05) is 6.42 Å². The molecule has 3 aromatic carbocycles. The van der Waals surface area contributed by atoms with Crippen LogP contribution in [0.4, 0.5) is 0 Å². The molecule has 0 saturated heterocycles. The van der Waals surface area contributed by atoms with Crippen LogP contribution in [0.5, 0.6) is 5.75 Å². The van der Waals surface area contributed by atoms with Crippen LogP contribution in [0, 0.1) is 17.8 Å². The molecule has 220 valence electrons. The molecule has 3 aromatic rings. The summed E-state index contributed by atoms with van der Waals surface area (Å²) >= 11 is 3.40. The maximum absolute atomic E-state index is 13.6. The van der Waals surface area contributed by atoms with Gasteiger partial charge >= 0.3 is 11.9 Å². The number of cyclic esters (lactones) is 1. The number of ether oxygens (including phenoxy) is 3. The Morgan fingerprint density at radius 3 is 2.26 bits per heavy atom. The lowest BCUT2D eigenvalue weighted by atomic mass is 9.75. The molecule has 1 fully saturated rings. The fraction of sp³-hybridized carbons (Fsp3) is 0.371. The normalized spacial score (nSPS) is 23.0. The number of hydrogen-bond donors (Lipinski definition) is 1. The van der Waals surface area contributed by atoms with Crippen LogP contribution in [-0.4, -0.2) is 30.4 Å². The topological polar surface area (TPSA) is 73.9 Å². The van der Waals surface area contributed by atoms with E-state index in [9.17, 15) is 9.59 Å². The van der Waals surface area contributed by atoms with Crippen molar-refractivity contribution in [3.63, 3.8) is 0 Å². The predicted octanol–water partition coefficient (Wildman–Crippen LogP) is 7.43. The molecular formula is C35H38BrNO5. The molecule has 7 heteroatoms. The highest BCUT2D eigenvalue weighted by atomic mass is 79.9. The van der Waals surface area contributed by atoms with Crippen molar-refractivity contribution in [2.75, 3.05) is 0 Å². The summed E-state index contributed by atoms with van der Waals surface area (Å²) in [6, 6.07) is 26.4. The van der Waals surface area contributed by atoms with E-state index in [1.165, 1.54) is 0 Å². The Bertz CT molecular complexity index is 1390. The molecule has 5 atom stereocenters. The molecule has 42 heavy (non-hydrogen) atoms. The molecule has 0 aromatic heterocycles. The first kappa shape index (κ1) is 30.1. The van der Waals surface area contributed by atoms with E-state index < -0.39 is 24.3 Å². The first-order valence-corrected chi connectivity index (χ1v) is 15.5. The lowest BCUT2D eigenvalue weighted by Gasteiger charge is -2.38. The van der Waals surface area contributed by atoms with E-state index >= 15 is 0 Å². The van der Waals surface area contributed by atoms with Crippen molar-refractivity contribution in [3.8, 4) is 16.9 Å². The van der Waals surface area contributed by atoms with Crippen molar-refractivity contribution in [2.45, 2.75) is 64.9 Å². The van der Waals surface area contributed by atoms with E-state index in [1.807, 2.05) is 72.8 Å². The summed E-state index contributed by atoms with van der Waals surface area (Å²) in [4.78, 5) is 26.3. The lowest BCUT2D eigenvalue weighted by Crippen LogP contribution is -2.45. The summed E-state index contributed by atoms with van der Waals surface area (Å²) in [5.41, 5.74) is 3.48. The van der Waals surface area contributed by atoms with Crippen LogP contribution in [0.1, 0.15) is 45.6 Å². The summed E-state index contributed by atoms with van der Waals surface area (Å²) in [5, 5.41) is 3.28. The number of hydrogen-bond acceptors (Lipinski definition) is 6. The van der Waals surface area contributed by atoms with Crippen molar-refractivity contribution in [3.05, 3.63) is 101 Å². The molecule has 1 aliphatic heterocycles. The fourth-order valence-electron chi connectivity index (χ4n) is 5.84. The SMILES string of the molecule is CC1CCC(C(C)C)C(O[C@H]2OC(=O)C(Br)=C2N[C@@H](Cc2ccccc2)C(=O)Oc2ccc(-c3ccccc3)cc2)C1. The van der Waals surface area contributed by atoms with Gasteiger partial charge in [-0.15, -0.1) is 0 Å². The minimum absolute atomic E-state index is 0.0515. The molecule has 0 bridgehead atoms. The molecule has 6 nitrogen and oxygen atoms in total. The molecule has 0 radical (unpaired) electrons. The number of rotatable bonds is 10. The van der Waals surface area contributed by atoms with Crippen LogP contribution in [0.3, 0.4) is 0 Å². The Morgan fingerprint density at radius 1 is 0.952 bits per heavy atom. The van der Waals surface area contributed by atoms with Crippen molar-refractivity contribution in [2.24, 2.45) is 17.8 Å². The van der Waals surface area contributed by atoms with Gasteiger partial charge in [-0.3, -0.25) is 0 Å². The summed E-state index contributed by atoms with van der Waals surface area (Å²) in [7, 11) is 0. The number of esters is 2. The molecule has 1 heterocycles. The number of carbonyl (C=O) groups excluding carboxylic acids is 2. The zero-order chi connectivity index (χ0) is 29.6. The van der Waals surface area contributed by atoms with Crippen LogP contribution in [0.15, 0.2) is 95.1 Å². The second kappa shape index (κ2) is 13.7. The molecule has 3 unspecified atom stereocenters. The average Bonchev–Trinajstić information content (AvgIpc) is 3.25. The maximum atomic E-state index is 13.6. The zero-order valence-electron chi connectivity index (χ0n) is 24.3. The Labute approximate surface area is 256 Å². The van der Waals surface area contributed by atoms with Gasteiger partial charge in [0.25, 0.3) is 0 Å². The smallest absolute Gasteiger partial charge is 0.349 e. The second-order valence-corrected chi connectivity index (χ2v) is 12.5. The third-order valence-electron chi connectivity index (χ3n) is 8.20. The van der Waals surface area contributed by atoms with Crippen molar-refractivity contribution in [1.82, 2.24) is 5.32 Å². The number of halogens is 1. The molecule has 2 aliphatic rings. The first-order valence-electron chi connectivity index (χ1n) is 14.7. The fourth-order valence-corrected chi connectivity index (χ4v) is 6.24. The maximum Gasteiger partial charge on any atom is 0.349 e. The summed E-state index contributed by atoms with van der Waals surface area (Å²) in [6.45, 7) is 6.65. The van der Waals surface area contributed by atoms with Gasteiger partial charge in [0.2, 0.25) is 6.29 Å². The van der Waals surface area contributed by atoms with Crippen LogP contribution in [0.2, 0.25) is 0 Å². The van der Waals surface area contributed by atoms with E-state index in [2.05, 4.69) is 42.0 Å². The van der Waals surface area contributed by atoms with Gasteiger partial charge in [0.1, 0.15) is 22.0 Å². The Hall–Kier alpha value is -3.42. The second-order valence-electron chi connectivity index (χ2n) is 11.7. The molecule has 1 saturated carbocycles. The summed E-state index contributed by atoms with van der Waals surface area (Å²) < 4.78 is 18.3. The molecule has 1 aliphatic carbocycles. The van der Waals surface area contributed by atoms with Crippen LogP contribution >= 0.6 is 15.9 Å². The third kappa shape index (κ3) is 7.31. The molecule has 0 amide bonds. The van der Waals surface area contributed by atoms with Gasteiger partial charge in [0.15, 0.2) is 0 Å². The first-order chi connectivity index (χ1) is 20.3. The summed E-state index contributed by atoms with van der Waals surface area (Å²) in [6.07, 6.45) is 2.50. The number of nitrogens with one attached hydrogen (secondary N) is 1. The van der Waals surface area contributed by atoms with E-state index in [1.54, 1.807) is 12.1 Å². The Balaban J connectivity index is 1.35. The minimum atomic E-state index is -0.931. The highest BCUT2D eigenvalue weighted by molar-refractivity contribution is 9.12. The van der Waals surface area contributed by atoms with Gasteiger partial charge in [-0.2, -0.15) is 0 Å². The van der Waals surface area contributed by atoms with E-state index in [0.29, 0.717) is 35.6 Å². The Kier molecular flexibility index (Phi) is 9.80. The minimum Gasteiger partial charge on any atom is -0.426 e. The van der Waals surface area contributed by atoms with Gasteiger partial charge < -0.3 is 19.5 Å². The van der Waals surface area contributed by atoms with Gasteiger partial charge in [-0.1, -0.05) is 100.0 Å². The number of benzene rings is 3. The largest absolute Gasteiger partial charge is 0.426 e. The quantitative estimate of drug-likeness (QED) is 0.185. The van der Waals surface area contributed by atoms with Crippen LogP contribution in [0.25, 0.3) is 11.1 Å². The van der Waals surface area contributed by atoms with Crippen LogP contribution < -0.4 is 10.1 Å². The highest BCUT2D eigenvalue weighted by Crippen LogP contribution is 2.38.